The SMILES string of the molecule is Cc1cccc(C(=O)O)c1NC(=O)NC(C)(C)C. The number of carbonyl (C=O) groups is 2. The third kappa shape index (κ3) is 3.76. The third-order valence-electron chi connectivity index (χ3n) is 2.23. The number of hydrogen-bond donors (Lipinski definition) is 3. The molecule has 5 nitrogen and oxygen atoms in total. The molecule has 1 aromatic rings. The standard InChI is InChI=1S/C13H18N2O3/c1-8-6-5-7-9(11(16)17)10(8)14-12(18)15-13(2,3)4/h5-7H,1-4H3,(H,16,17)(H2,14,15,18). The highest BCUT2D eigenvalue weighted by Gasteiger charge is 2.17. The highest BCUT2D eigenvalue weighted by atomic mass is 16.4. The van der Waals surface area contributed by atoms with Gasteiger partial charge in [0.15, 0.2) is 0 Å². The normalized spacial score (nSPS) is 10.9. The van der Waals surface area contributed by atoms with Crippen molar-refractivity contribution in [3.63, 3.8) is 0 Å². The Balaban J connectivity index is 2.97. The van der Waals surface area contributed by atoms with Crippen molar-refractivity contribution in [1.29, 1.82) is 0 Å². The van der Waals surface area contributed by atoms with Gasteiger partial charge in [0.1, 0.15) is 0 Å². The molecule has 0 aromatic heterocycles. The zero-order chi connectivity index (χ0) is 13.9. The number of anilines is 1. The molecule has 0 saturated carbocycles. The van der Waals surface area contributed by atoms with E-state index >= 15 is 0 Å². The number of rotatable bonds is 2. The lowest BCUT2D eigenvalue weighted by atomic mass is 10.1. The fourth-order valence-corrected chi connectivity index (χ4v) is 1.50. The molecule has 0 aliphatic carbocycles. The minimum absolute atomic E-state index is 0.0825. The van der Waals surface area contributed by atoms with Gasteiger partial charge in [0.25, 0.3) is 0 Å². The van der Waals surface area contributed by atoms with E-state index in [0.29, 0.717) is 11.3 Å². The number of para-hydroxylation sites is 1. The molecule has 0 bridgehead atoms. The molecule has 0 atom stereocenters. The van der Waals surface area contributed by atoms with Gasteiger partial charge in [0, 0.05) is 5.54 Å². The summed E-state index contributed by atoms with van der Waals surface area (Å²) in [5.74, 6) is -1.07. The van der Waals surface area contributed by atoms with E-state index in [1.807, 2.05) is 20.8 Å². The second-order valence-electron chi connectivity index (χ2n) is 5.13. The Bertz CT molecular complexity index is 476. The first-order valence-corrected chi connectivity index (χ1v) is 5.63. The summed E-state index contributed by atoms with van der Waals surface area (Å²) < 4.78 is 0. The summed E-state index contributed by atoms with van der Waals surface area (Å²) in [5, 5.41) is 14.4. The average molecular weight is 250 g/mol. The number of carboxylic acid groups (broad SMARTS) is 1. The van der Waals surface area contributed by atoms with Gasteiger partial charge in [-0.15, -0.1) is 0 Å². The van der Waals surface area contributed by atoms with Crippen LogP contribution in [0.3, 0.4) is 0 Å². The Morgan fingerprint density at radius 1 is 1.22 bits per heavy atom. The fourth-order valence-electron chi connectivity index (χ4n) is 1.50. The van der Waals surface area contributed by atoms with Gasteiger partial charge in [-0.1, -0.05) is 12.1 Å². The van der Waals surface area contributed by atoms with Crippen molar-refractivity contribution < 1.29 is 14.7 Å². The number of hydrogen-bond acceptors (Lipinski definition) is 2. The van der Waals surface area contributed by atoms with E-state index < -0.39 is 12.0 Å². The maximum Gasteiger partial charge on any atom is 0.337 e. The summed E-state index contributed by atoms with van der Waals surface area (Å²) in [4.78, 5) is 22.8. The molecule has 2 amide bonds. The molecule has 0 heterocycles. The van der Waals surface area contributed by atoms with E-state index in [1.165, 1.54) is 6.07 Å². The smallest absolute Gasteiger partial charge is 0.337 e. The van der Waals surface area contributed by atoms with Gasteiger partial charge >= 0.3 is 12.0 Å². The van der Waals surface area contributed by atoms with Crippen LogP contribution in [0.2, 0.25) is 0 Å². The number of aryl methyl sites for hydroxylation is 1. The topological polar surface area (TPSA) is 78.4 Å². The van der Waals surface area contributed by atoms with E-state index in [-0.39, 0.29) is 11.1 Å². The molecular weight excluding hydrogens is 232 g/mol. The molecule has 1 rings (SSSR count). The van der Waals surface area contributed by atoms with E-state index in [1.54, 1.807) is 19.1 Å². The van der Waals surface area contributed by atoms with Crippen LogP contribution < -0.4 is 10.6 Å². The molecule has 3 N–H and O–H groups in total. The molecule has 1 aromatic carbocycles. The largest absolute Gasteiger partial charge is 0.478 e. The monoisotopic (exact) mass is 250 g/mol. The average Bonchev–Trinajstić information content (AvgIpc) is 2.17. The Labute approximate surface area is 106 Å². The van der Waals surface area contributed by atoms with E-state index in [4.69, 9.17) is 5.11 Å². The summed E-state index contributed by atoms with van der Waals surface area (Å²) in [6, 6.07) is 4.44. The fraction of sp³-hybridized carbons (Fsp3) is 0.385. The third-order valence-corrected chi connectivity index (χ3v) is 2.23. The van der Waals surface area contributed by atoms with Crippen LogP contribution >= 0.6 is 0 Å². The lowest BCUT2D eigenvalue weighted by Crippen LogP contribution is -2.43. The molecule has 0 aliphatic rings. The highest BCUT2D eigenvalue weighted by Crippen LogP contribution is 2.20. The predicted octanol–water partition coefficient (Wildman–Crippen LogP) is 2.61. The number of carboxylic acids is 1. The predicted molar refractivity (Wildman–Crippen MR) is 70.0 cm³/mol. The Morgan fingerprint density at radius 3 is 2.33 bits per heavy atom. The maximum atomic E-state index is 11.7. The summed E-state index contributed by atoms with van der Waals surface area (Å²) in [5.41, 5.74) is 0.737. The first-order valence-electron chi connectivity index (χ1n) is 5.63. The van der Waals surface area contributed by atoms with Crippen molar-refractivity contribution in [2.75, 3.05) is 5.32 Å². The van der Waals surface area contributed by atoms with E-state index in [2.05, 4.69) is 10.6 Å². The second-order valence-corrected chi connectivity index (χ2v) is 5.13. The minimum Gasteiger partial charge on any atom is -0.478 e. The van der Waals surface area contributed by atoms with Crippen molar-refractivity contribution >= 4 is 17.7 Å². The summed E-state index contributed by atoms with van der Waals surface area (Å²) in [7, 11) is 0. The number of amides is 2. The van der Waals surface area contributed by atoms with E-state index in [0.717, 1.165) is 0 Å². The maximum absolute atomic E-state index is 11.7. The quantitative estimate of drug-likeness (QED) is 0.755. The highest BCUT2D eigenvalue weighted by molar-refractivity contribution is 6.01. The summed E-state index contributed by atoms with van der Waals surface area (Å²) in [6.45, 7) is 7.30. The lowest BCUT2D eigenvalue weighted by Gasteiger charge is -2.21. The Hall–Kier alpha value is -2.04. The van der Waals surface area contributed by atoms with Crippen LogP contribution in [0.4, 0.5) is 10.5 Å². The number of nitrogens with one attached hydrogen (secondary N) is 2. The van der Waals surface area contributed by atoms with Gasteiger partial charge in [-0.05, 0) is 39.3 Å². The second kappa shape index (κ2) is 5.08. The van der Waals surface area contributed by atoms with Crippen molar-refractivity contribution in [2.24, 2.45) is 0 Å². The molecule has 0 saturated heterocycles. The number of urea groups is 1. The molecule has 0 spiro atoms. The van der Waals surface area contributed by atoms with Gasteiger partial charge in [-0.2, -0.15) is 0 Å². The van der Waals surface area contributed by atoms with Crippen LogP contribution in [0.25, 0.3) is 0 Å². The zero-order valence-corrected chi connectivity index (χ0v) is 11.0. The van der Waals surface area contributed by atoms with Gasteiger partial charge in [-0.3, -0.25) is 0 Å². The van der Waals surface area contributed by atoms with Gasteiger partial charge in [0.2, 0.25) is 0 Å². The molecule has 98 valence electrons. The van der Waals surface area contributed by atoms with Gasteiger partial charge in [0.05, 0.1) is 11.3 Å². The number of benzene rings is 1. The van der Waals surface area contributed by atoms with Crippen LogP contribution in [0, 0.1) is 6.92 Å². The van der Waals surface area contributed by atoms with Crippen molar-refractivity contribution in [3.05, 3.63) is 29.3 Å². The van der Waals surface area contributed by atoms with Crippen LogP contribution in [0.5, 0.6) is 0 Å². The van der Waals surface area contributed by atoms with Crippen LogP contribution in [-0.4, -0.2) is 22.6 Å². The Morgan fingerprint density at radius 2 is 1.83 bits per heavy atom. The molecule has 0 aliphatic heterocycles. The van der Waals surface area contributed by atoms with Crippen molar-refractivity contribution in [2.45, 2.75) is 33.2 Å². The molecule has 18 heavy (non-hydrogen) atoms. The lowest BCUT2D eigenvalue weighted by molar-refractivity contribution is 0.0698. The van der Waals surface area contributed by atoms with Crippen LogP contribution in [-0.2, 0) is 0 Å². The van der Waals surface area contributed by atoms with Gasteiger partial charge < -0.3 is 15.7 Å². The molecule has 0 fully saturated rings. The number of aromatic carboxylic acids is 1. The minimum atomic E-state index is -1.07. The van der Waals surface area contributed by atoms with Crippen molar-refractivity contribution in [3.8, 4) is 0 Å². The first-order chi connectivity index (χ1) is 8.20. The molecule has 5 heteroatoms. The zero-order valence-electron chi connectivity index (χ0n) is 11.0. The van der Waals surface area contributed by atoms with E-state index in [9.17, 15) is 9.59 Å². The van der Waals surface area contributed by atoms with Gasteiger partial charge in [-0.25, -0.2) is 9.59 Å². The number of carbonyl (C=O) groups excluding carboxylic acids is 1. The Kier molecular flexibility index (Phi) is 3.96. The van der Waals surface area contributed by atoms with Crippen molar-refractivity contribution in [1.82, 2.24) is 5.32 Å². The van der Waals surface area contributed by atoms with Crippen LogP contribution in [0.15, 0.2) is 18.2 Å². The molecule has 0 radical (unpaired) electrons. The summed E-state index contributed by atoms with van der Waals surface area (Å²) in [6.07, 6.45) is 0. The summed E-state index contributed by atoms with van der Waals surface area (Å²) >= 11 is 0. The molecule has 0 unspecified atom stereocenters. The first kappa shape index (κ1) is 14.0. The molecular formula is C13H18N2O3. The van der Waals surface area contributed by atoms with Crippen LogP contribution in [0.1, 0.15) is 36.7 Å².